The van der Waals surface area contributed by atoms with Crippen LogP contribution in [0.3, 0.4) is 0 Å². The van der Waals surface area contributed by atoms with Gasteiger partial charge in [-0.15, -0.1) is 0 Å². The molecular formula is C15H11FO2. The molecule has 1 heterocycles. The largest absolute Gasteiger partial charge is 0.356 e. The third kappa shape index (κ3) is 2.05. The lowest BCUT2D eigenvalue weighted by molar-refractivity contribution is 0.0953. The predicted octanol–water partition coefficient (Wildman–Crippen LogP) is 3.15. The minimum absolute atomic E-state index is 0.0937. The molecular weight excluding hydrogens is 231 g/mol. The summed E-state index contributed by atoms with van der Waals surface area (Å²) in [5.74, 6) is -0.438. The molecule has 0 amide bonds. The fourth-order valence-corrected chi connectivity index (χ4v) is 1.99. The molecule has 0 aliphatic carbocycles. The van der Waals surface area contributed by atoms with Gasteiger partial charge in [0.2, 0.25) is 0 Å². The molecule has 1 fully saturated rings. The number of hydrogen-bond acceptors (Lipinski definition) is 2. The maximum atomic E-state index is 12.8. The number of halogens is 1. The van der Waals surface area contributed by atoms with Gasteiger partial charge in [-0.2, -0.15) is 0 Å². The van der Waals surface area contributed by atoms with Gasteiger partial charge in [-0.05, 0) is 29.8 Å². The van der Waals surface area contributed by atoms with Crippen molar-refractivity contribution >= 4 is 5.78 Å². The molecule has 2 nitrogen and oxygen atoms in total. The zero-order chi connectivity index (χ0) is 12.5. The second kappa shape index (κ2) is 4.35. The van der Waals surface area contributed by atoms with Crippen LogP contribution in [-0.4, -0.2) is 11.9 Å². The van der Waals surface area contributed by atoms with Crippen LogP contribution >= 0.6 is 0 Å². The number of hydrogen-bond donors (Lipinski definition) is 0. The normalized spacial score (nSPS) is 21.6. The Hall–Kier alpha value is -2.00. The van der Waals surface area contributed by atoms with Crippen LogP contribution in [0.15, 0.2) is 54.6 Å². The average Bonchev–Trinajstić information content (AvgIpc) is 3.20. The standard InChI is InChI=1S/C15H11FO2/c16-12-8-6-10(7-9-12)13(17)15-14(18-15)11-4-2-1-3-5-11/h1-9,14-15H/t14-,15+/m1/s1. The third-order valence-electron chi connectivity index (χ3n) is 3.01. The number of benzene rings is 2. The number of carbonyl (C=O) groups excluding carboxylic acids is 1. The second-order valence-electron chi connectivity index (χ2n) is 4.26. The molecule has 0 aromatic heterocycles. The van der Waals surface area contributed by atoms with Gasteiger partial charge in [0, 0.05) is 5.56 Å². The van der Waals surface area contributed by atoms with Crippen molar-refractivity contribution in [3.63, 3.8) is 0 Å². The van der Waals surface area contributed by atoms with Gasteiger partial charge in [0.1, 0.15) is 11.9 Å². The van der Waals surface area contributed by atoms with E-state index < -0.39 is 6.10 Å². The molecule has 1 saturated heterocycles. The number of ether oxygens (including phenoxy) is 1. The van der Waals surface area contributed by atoms with E-state index in [1.165, 1.54) is 24.3 Å². The van der Waals surface area contributed by atoms with Crippen molar-refractivity contribution in [1.29, 1.82) is 0 Å². The fraction of sp³-hybridized carbons (Fsp3) is 0.133. The molecule has 2 aromatic rings. The van der Waals surface area contributed by atoms with Crippen LogP contribution in [0.1, 0.15) is 22.0 Å². The van der Waals surface area contributed by atoms with E-state index in [1.807, 2.05) is 30.3 Å². The first-order valence-corrected chi connectivity index (χ1v) is 5.76. The Morgan fingerprint density at radius 2 is 1.67 bits per heavy atom. The van der Waals surface area contributed by atoms with Crippen molar-refractivity contribution in [2.45, 2.75) is 12.2 Å². The molecule has 0 radical (unpaired) electrons. The van der Waals surface area contributed by atoms with E-state index in [4.69, 9.17) is 4.74 Å². The van der Waals surface area contributed by atoms with E-state index in [9.17, 15) is 9.18 Å². The zero-order valence-electron chi connectivity index (χ0n) is 9.55. The molecule has 2 aromatic carbocycles. The van der Waals surface area contributed by atoms with Gasteiger partial charge in [-0.25, -0.2) is 4.39 Å². The second-order valence-corrected chi connectivity index (χ2v) is 4.26. The molecule has 0 saturated carbocycles. The molecule has 18 heavy (non-hydrogen) atoms. The smallest absolute Gasteiger partial charge is 0.194 e. The van der Waals surface area contributed by atoms with Gasteiger partial charge >= 0.3 is 0 Å². The number of rotatable bonds is 3. The Labute approximate surface area is 104 Å². The highest BCUT2D eigenvalue weighted by molar-refractivity contribution is 6.01. The summed E-state index contributed by atoms with van der Waals surface area (Å²) in [7, 11) is 0. The molecule has 2 atom stereocenters. The van der Waals surface area contributed by atoms with Crippen molar-refractivity contribution in [2.75, 3.05) is 0 Å². The van der Waals surface area contributed by atoms with Gasteiger partial charge in [0.15, 0.2) is 11.9 Å². The highest BCUT2D eigenvalue weighted by Crippen LogP contribution is 2.40. The van der Waals surface area contributed by atoms with Crippen LogP contribution in [0.2, 0.25) is 0 Å². The molecule has 0 unspecified atom stereocenters. The summed E-state index contributed by atoms with van der Waals surface area (Å²) in [6, 6.07) is 15.2. The SMILES string of the molecule is O=C(c1ccc(F)cc1)[C@@H]1O[C@@H]1c1ccccc1. The summed E-state index contributed by atoms with van der Waals surface area (Å²) in [6.07, 6.45) is -0.596. The van der Waals surface area contributed by atoms with E-state index in [0.717, 1.165) is 5.56 Å². The molecule has 90 valence electrons. The first-order chi connectivity index (χ1) is 8.75. The van der Waals surface area contributed by atoms with Crippen molar-refractivity contribution in [3.8, 4) is 0 Å². The third-order valence-corrected chi connectivity index (χ3v) is 3.01. The summed E-state index contributed by atoms with van der Waals surface area (Å²) in [6.45, 7) is 0. The maximum Gasteiger partial charge on any atom is 0.194 e. The Balaban J connectivity index is 1.75. The van der Waals surface area contributed by atoms with E-state index in [-0.39, 0.29) is 17.7 Å². The summed E-state index contributed by atoms with van der Waals surface area (Å²) in [5.41, 5.74) is 1.48. The molecule has 0 N–H and O–H groups in total. The molecule has 0 bridgehead atoms. The Morgan fingerprint density at radius 3 is 2.33 bits per heavy atom. The lowest BCUT2D eigenvalue weighted by Gasteiger charge is -1.97. The zero-order valence-corrected chi connectivity index (χ0v) is 9.55. The fourth-order valence-electron chi connectivity index (χ4n) is 1.99. The first kappa shape index (κ1) is 11.1. The minimum atomic E-state index is -0.433. The molecule has 3 rings (SSSR count). The van der Waals surface area contributed by atoms with Crippen molar-refractivity contribution in [3.05, 3.63) is 71.5 Å². The van der Waals surface area contributed by atoms with Crippen LogP contribution in [0.25, 0.3) is 0 Å². The topological polar surface area (TPSA) is 29.6 Å². The molecule has 0 spiro atoms. The van der Waals surface area contributed by atoms with Gasteiger partial charge in [-0.3, -0.25) is 4.79 Å². The molecule has 3 heteroatoms. The Bertz CT molecular complexity index is 563. The van der Waals surface area contributed by atoms with E-state index in [2.05, 4.69) is 0 Å². The monoisotopic (exact) mass is 242 g/mol. The van der Waals surface area contributed by atoms with E-state index >= 15 is 0 Å². The highest BCUT2D eigenvalue weighted by Gasteiger charge is 2.45. The maximum absolute atomic E-state index is 12.8. The summed E-state index contributed by atoms with van der Waals surface area (Å²) in [5, 5.41) is 0. The highest BCUT2D eigenvalue weighted by atomic mass is 19.1. The van der Waals surface area contributed by atoms with Crippen molar-refractivity contribution < 1.29 is 13.9 Å². The van der Waals surface area contributed by atoms with Gasteiger partial charge in [0.05, 0.1) is 0 Å². The van der Waals surface area contributed by atoms with Gasteiger partial charge in [-0.1, -0.05) is 30.3 Å². The predicted molar refractivity (Wildman–Crippen MR) is 64.8 cm³/mol. The summed E-state index contributed by atoms with van der Waals surface area (Å²) in [4.78, 5) is 12.1. The number of Topliss-reactive ketones (excluding diaryl/α,β-unsaturated/α-hetero) is 1. The quantitative estimate of drug-likeness (QED) is 0.611. The average molecular weight is 242 g/mol. The summed E-state index contributed by atoms with van der Waals surface area (Å²) < 4.78 is 18.2. The van der Waals surface area contributed by atoms with Gasteiger partial charge in [0.25, 0.3) is 0 Å². The van der Waals surface area contributed by atoms with Gasteiger partial charge < -0.3 is 4.74 Å². The Kier molecular flexibility index (Phi) is 2.68. The van der Waals surface area contributed by atoms with E-state index in [0.29, 0.717) is 5.56 Å². The lowest BCUT2D eigenvalue weighted by atomic mass is 10.0. The molecule has 1 aliphatic heterocycles. The van der Waals surface area contributed by atoms with E-state index in [1.54, 1.807) is 0 Å². The molecule has 1 aliphatic rings. The number of ketones is 1. The lowest BCUT2D eigenvalue weighted by Crippen LogP contribution is -2.08. The van der Waals surface area contributed by atoms with Crippen LogP contribution < -0.4 is 0 Å². The number of epoxide rings is 1. The van der Waals surface area contributed by atoms with Crippen LogP contribution in [-0.2, 0) is 4.74 Å². The van der Waals surface area contributed by atoms with Crippen molar-refractivity contribution in [1.82, 2.24) is 0 Å². The summed E-state index contributed by atoms with van der Waals surface area (Å²) >= 11 is 0. The van der Waals surface area contributed by atoms with Crippen LogP contribution in [0, 0.1) is 5.82 Å². The minimum Gasteiger partial charge on any atom is -0.356 e. The van der Waals surface area contributed by atoms with Crippen molar-refractivity contribution in [2.24, 2.45) is 0 Å². The number of carbonyl (C=O) groups is 1. The van der Waals surface area contributed by atoms with Crippen LogP contribution in [0.4, 0.5) is 4.39 Å². The first-order valence-electron chi connectivity index (χ1n) is 5.76. The Morgan fingerprint density at radius 1 is 1.00 bits per heavy atom. The van der Waals surface area contributed by atoms with Crippen LogP contribution in [0.5, 0.6) is 0 Å².